The normalized spacial score (nSPS) is 11.5. The van der Waals surface area contributed by atoms with Gasteiger partial charge >= 0.3 is 0 Å². The van der Waals surface area contributed by atoms with Crippen molar-refractivity contribution in [1.29, 1.82) is 0 Å². The van der Waals surface area contributed by atoms with Crippen molar-refractivity contribution in [2.45, 2.75) is 0 Å². The molecule has 0 aliphatic carbocycles. The Morgan fingerprint density at radius 2 is 2.08 bits per heavy atom. The maximum Gasteiger partial charge on any atom is 0.118 e. The summed E-state index contributed by atoms with van der Waals surface area (Å²) in [5.74, 6) is 0.708. The predicted octanol–water partition coefficient (Wildman–Crippen LogP) is 2.00. The van der Waals surface area contributed by atoms with Crippen LogP contribution in [-0.2, 0) is 0 Å². The van der Waals surface area contributed by atoms with Crippen LogP contribution in [0.4, 0.5) is 4.39 Å². The van der Waals surface area contributed by atoms with E-state index in [-0.39, 0.29) is 12.2 Å². The van der Waals surface area contributed by atoms with Gasteiger partial charge in [-0.15, -0.1) is 0 Å². The van der Waals surface area contributed by atoms with Gasteiger partial charge in [-0.05, 0) is 17.7 Å². The van der Waals surface area contributed by atoms with Gasteiger partial charge in [0.1, 0.15) is 5.75 Å². The first kappa shape index (κ1) is 9.74. The van der Waals surface area contributed by atoms with Crippen molar-refractivity contribution in [3.63, 3.8) is 0 Å². The topological polar surface area (TPSA) is 29.5 Å². The molecule has 1 aromatic rings. The summed E-state index contributed by atoms with van der Waals surface area (Å²) >= 11 is 0. The number of rotatable bonds is 3. The Labute approximate surface area is 76.3 Å². The molecule has 0 fully saturated rings. The van der Waals surface area contributed by atoms with Crippen molar-refractivity contribution >= 4 is 5.57 Å². The van der Waals surface area contributed by atoms with Gasteiger partial charge in [-0.2, -0.15) is 0 Å². The lowest BCUT2D eigenvalue weighted by atomic mass is 10.1. The van der Waals surface area contributed by atoms with Gasteiger partial charge in [0.25, 0.3) is 0 Å². The first-order valence-corrected chi connectivity index (χ1v) is 3.86. The Morgan fingerprint density at radius 3 is 2.46 bits per heavy atom. The van der Waals surface area contributed by atoms with Gasteiger partial charge in [-0.1, -0.05) is 12.1 Å². The zero-order valence-electron chi connectivity index (χ0n) is 7.33. The number of hydrogen-bond donors (Lipinski definition) is 1. The number of ether oxygens (including phenoxy) is 1. The Morgan fingerprint density at radius 1 is 1.46 bits per heavy atom. The van der Waals surface area contributed by atoms with Crippen LogP contribution in [0.1, 0.15) is 5.56 Å². The SMILES string of the molecule is COc1ccc(C(=CF)CO)cc1. The zero-order valence-corrected chi connectivity index (χ0v) is 7.33. The minimum absolute atomic E-state index is 0.266. The first-order chi connectivity index (χ1) is 6.31. The van der Waals surface area contributed by atoms with Crippen LogP contribution in [0.25, 0.3) is 5.57 Å². The second-order valence-corrected chi connectivity index (χ2v) is 2.52. The van der Waals surface area contributed by atoms with E-state index in [4.69, 9.17) is 9.84 Å². The minimum Gasteiger partial charge on any atom is -0.497 e. The maximum atomic E-state index is 12.2. The Kier molecular flexibility index (Phi) is 3.46. The van der Waals surface area contributed by atoms with Crippen LogP contribution in [0, 0.1) is 0 Å². The van der Waals surface area contributed by atoms with E-state index < -0.39 is 0 Å². The molecule has 0 radical (unpaired) electrons. The monoisotopic (exact) mass is 182 g/mol. The van der Waals surface area contributed by atoms with Crippen molar-refractivity contribution in [3.05, 3.63) is 36.2 Å². The number of halogens is 1. The number of aliphatic hydroxyl groups excluding tert-OH is 1. The molecule has 0 heterocycles. The summed E-state index contributed by atoms with van der Waals surface area (Å²) in [4.78, 5) is 0. The van der Waals surface area contributed by atoms with Crippen molar-refractivity contribution in [2.75, 3.05) is 13.7 Å². The van der Waals surface area contributed by atoms with E-state index in [9.17, 15) is 4.39 Å². The average molecular weight is 182 g/mol. The fourth-order valence-electron chi connectivity index (χ4n) is 0.994. The van der Waals surface area contributed by atoms with E-state index in [1.165, 1.54) is 0 Å². The Balaban J connectivity index is 2.91. The van der Waals surface area contributed by atoms with E-state index in [0.717, 1.165) is 0 Å². The quantitative estimate of drug-likeness (QED) is 0.774. The molecule has 0 bridgehead atoms. The van der Waals surface area contributed by atoms with Gasteiger partial charge in [0, 0.05) is 5.57 Å². The van der Waals surface area contributed by atoms with Crippen LogP contribution in [0.5, 0.6) is 5.75 Å². The Bertz CT molecular complexity index is 290. The summed E-state index contributed by atoms with van der Waals surface area (Å²) in [7, 11) is 1.56. The lowest BCUT2D eigenvalue weighted by molar-refractivity contribution is 0.348. The number of benzene rings is 1. The highest BCUT2D eigenvalue weighted by Crippen LogP contribution is 2.18. The van der Waals surface area contributed by atoms with Gasteiger partial charge in [-0.3, -0.25) is 0 Å². The summed E-state index contributed by atoms with van der Waals surface area (Å²) in [6.45, 7) is -0.303. The largest absolute Gasteiger partial charge is 0.497 e. The van der Waals surface area contributed by atoms with Gasteiger partial charge in [-0.25, -0.2) is 4.39 Å². The summed E-state index contributed by atoms with van der Waals surface area (Å²) in [5, 5.41) is 8.77. The molecule has 13 heavy (non-hydrogen) atoms. The minimum atomic E-state index is -0.303. The van der Waals surface area contributed by atoms with Crippen molar-refractivity contribution in [3.8, 4) is 5.75 Å². The van der Waals surface area contributed by atoms with E-state index in [1.54, 1.807) is 31.4 Å². The van der Waals surface area contributed by atoms with Gasteiger partial charge in [0.2, 0.25) is 0 Å². The van der Waals surface area contributed by atoms with Crippen molar-refractivity contribution in [2.24, 2.45) is 0 Å². The van der Waals surface area contributed by atoms with Crippen LogP contribution >= 0.6 is 0 Å². The average Bonchev–Trinajstić information content (AvgIpc) is 2.21. The second-order valence-electron chi connectivity index (χ2n) is 2.52. The molecule has 3 heteroatoms. The second kappa shape index (κ2) is 4.62. The van der Waals surface area contributed by atoms with Gasteiger partial charge < -0.3 is 9.84 Å². The van der Waals surface area contributed by atoms with Crippen LogP contribution in [0.15, 0.2) is 30.6 Å². The first-order valence-electron chi connectivity index (χ1n) is 3.86. The molecule has 0 aliphatic heterocycles. The molecule has 0 spiro atoms. The number of methoxy groups -OCH3 is 1. The van der Waals surface area contributed by atoms with E-state index in [2.05, 4.69) is 0 Å². The van der Waals surface area contributed by atoms with Crippen LogP contribution in [0.2, 0.25) is 0 Å². The van der Waals surface area contributed by atoms with Crippen LogP contribution in [-0.4, -0.2) is 18.8 Å². The van der Waals surface area contributed by atoms with Gasteiger partial charge in [0.15, 0.2) is 0 Å². The van der Waals surface area contributed by atoms with E-state index in [1.807, 2.05) is 0 Å². The highest BCUT2D eigenvalue weighted by molar-refractivity contribution is 5.65. The molecule has 0 amide bonds. The summed E-state index contributed by atoms with van der Waals surface area (Å²) in [6.07, 6.45) is 0.405. The third kappa shape index (κ3) is 2.29. The highest BCUT2D eigenvalue weighted by Gasteiger charge is 1.99. The predicted molar refractivity (Wildman–Crippen MR) is 49.2 cm³/mol. The standard InChI is InChI=1S/C10H11FO2/c1-13-10-4-2-8(3-5-10)9(6-11)7-12/h2-6,12H,7H2,1H3. The molecule has 1 rings (SSSR count). The van der Waals surface area contributed by atoms with E-state index in [0.29, 0.717) is 17.6 Å². The van der Waals surface area contributed by atoms with Crippen molar-refractivity contribution < 1.29 is 14.2 Å². The molecule has 0 atom stereocenters. The fourth-order valence-corrected chi connectivity index (χ4v) is 0.994. The molecule has 0 aliphatic rings. The third-order valence-electron chi connectivity index (χ3n) is 1.76. The van der Waals surface area contributed by atoms with Gasteiger partial charge in [0.05, 0.1) is 20.0 Å². The lowest BCUT2D eigenvalue weighted by Crippen LogP contribution is -1.90. The molecule has 70 valence electrons. The molecule has 0 saturated heterocycles. The highest BCUT2D eigenvalue weighted by atomic mass is 19.1. The molecule has 0 saturated carbocycles. The molecule has 1 aromatic carbocycles. The molecule has 0 aromatic heterocycles. The summed E-state index contributed by atoms with van der Waals surface area (Å²) in [5.41, 5.74) is 0.924. The van der Waals surface area contributed by atoms with E-state index >= 15 is 0 Å². The summed E-state index contributed by atoms with van der Waals surface area (Å²) < 4.78 is 17.1. The maximum absolute atomic E-state index is 12.2. The number of aliphatic hydroxyl groups is 1. The van der Waals surface area contributed by atoms with Crippen molar-refractivity contribution in [1.82, 2.24) is 0 Å². The molecular weight excluding hydrogens is 171 g/mol. The molecule has 1 N–H and O–H groups in total. The molecular formula is C10H11FO2. The molecule has 0 unspecified atom stereocenters. The summed E-state index contributed by atoms with van der Waals surface area (Å²) in [6, 6.07) is 6.82. The smallest absolute Gasteiger partial charge is 0.118 e. The number of hydrogen-bond acceptors (Lipinski definition) is 2. The Hall–Kier alpha value is -1.35. The van der Waals surface area contributed by atoms with Crippen LogP contribution in [0.3, 0.4) is 0 Å². The fraction of sp³-hybridized carbons (Fsp3) is 0.200. The zero-order chi connectivity index (χ0) is 9.68. The third-order valence-corrected chi connectivity index (χ3v) is 1.76. The lowest BCUT2D eigenvalue weighted by Gasteiger charge is -2.03. The molecule has 2 nitrogen and oxygen atoms in total. The van der Waals surface area contributed by atoms with Crippen LogP contribution < -0.4 is 4.74 Å².